The van der Waals surface area contributed by atoms with E-state index < -0.39 is 15.6 Å². The van der Waals surface area contributed by atoms with Gasteiger partial charge in [0.05, 0.1) is 4.90 Å². The molecule has 0 aliphatic carbocycles. The highest BCUT2D eigenvalue weighted by Crippen LogP contribution is 2.19. The van der Waals surface area contributed by atoms with Gasteiger partial charge >= 0.3 is 0 Å². The number of hydrogen-bond acceptors (Lipinski definition) is 4. The first kappa shape index (κ1) is 23.6. The van der Waals surface area contributed by atoms with Gasteiger partial charge in [-0.3, -0.25) is 10.1 Å². The number of sulfonamides is 1. The van der Waals surface area contributed by atoms with Crippen molar-refractivity contribution in [3.05, 3.63) is 78.4 Å². The Morgan fingerprint density at radius 3 is 2.28 bits per heavy atom. The molecule has 166 valence electrons. The third-order valence-corrected chi connectivity index (χ3v) is 6.32. The molecule has 8 heteroatoms. The molecule has 0 aromatic heterocycles. The molecule has 0 aliphatic rings. The van der Waals surface area contributed by atoms with Crippen LogP contribution in [0.2, 0.25) is 0 Å². The van der Waals surface area contributed by atoms with Crippen LogP contribution in [0.4, 0.5) is 5.69 Å². The van der Waals surface area contributed by atoms with E-state index >= 15 is 0 Å². The van der Waals surface area contributed by atoms with E-state index in [4.69, 9.17) is 12.2 Å². The summed E-state index contributed by atoms with van der Waals surface area (Å²) in [4.78, 5) is 12.4. The van der Waals surface area contributed by atoms with E-state index in [1.165, 1.54) is 18.2 Å². The number of fused-ring (bicyclic) bond motifs is 1. The number of anilines is 1. The lowest BCUT2D eigenvalue weighted by Crippen LogP contribution is -2.40. The lowest BCUT2D eigenvalue weighted by molar-refractivity contribution is -0.115. The van der Waals surface area contributed by atoms with Crippen molar-refractivity contribution in [3.63, 3.8) is 0 Å². The average molecular weight is 468 g/mol. The topological polar surface area (TPSA) is 87.3 Å². The van der Waals surface area contributed by atoms with E-state index in [1.807, 2.05) is 42.5 Å². The van der Waals surface area contributed by atoms with Gasteiger partial charge in [0, 0.05) is 17.3 Å². The van der Waals surface area contributed by atoms with Crippen LogP contribution in [-0.4, -0.2) is 25.0 Å². The van der Waals surface area contributed by atoms with Crippen LogP contribution < -0.4 is 15.4 Å². The van der Waals surface area contributed by atoms with E-state index in [2.05, 4.69) is 15.4 Å². The molecule has 6 nitrogen and oxygen atoms in total. The van der Waals surface area contributed by atoms with Crippen molar-refractivity contribution in [2.45, 2.75) is 31.2 Å². The summed E-state index contributed by atoms with van der Waals surface area (Å²) in [6, 6.07) is 19.9. The maximum atomic E-state index is 12.4. The van der Waals surface area contributed by atoms with Crippen molar-refractivity contribution in [2.24, 2.45) is 0 Å². The van der Waals surface area contributed by atoms with Crippen LogP contribution in [-0.2, 0) is 14.8 Å². The predicted octanol–water partition coefficient (Wildman–Crippen LogP) is 4.44. The SMILES string of the molecule is CC(C)(C)NS(=O)(=O)c1ccc(NC(=S)NC(=O)/C=C/c2cccc3ccccc23)cc1. The first-order chi connectivity index (χ1) is 15.0. The average Bonchev–Trinajstić information content (AvgIpc) is 2.71. The third-order valence-electron chi connectivity index (χ3n) is 4.34. The molecule has 0 spiro atoms. The van der Waals surface area contributed by atoms with Crippen molar-refractivity contribution in [1.82, 2.24) is 10.0 Å². The van der Waals surface area contributed by atoms with Crippen molar-refractivity contribution < 1.29 is 13.2 Å². The Balaban J connectivity index is 1.60. The fourth-order valence-corrected chi connectivity index (χ4v) is 4.69. The summed E-state index contributed by atoms with van der Waals surface area (Å²) in [7, 11) is -3.62. The Bertz CT molecular complexity index is 1270. The molecule has 0 fully saturated rings. The number of thiocarbonyl (C=S) groups is 1. The molecule has 0 unspecified atom stereocenters. The Morgan fingerprint density at radius 2 is 1.59 bits per heavy atom. The molecule has 0 radical (unpaired) electrons. The Hall–Kier alpha value is -3.07. The summed E-state index contributed by atoms with van der Waals surface area (Å²) >= 11 is 5.19. The quantitative estimate of drug-likeness (QED) is 0.381. The van der Waals surface area contributed by atoms with E-state index in [9.17, 15) is 13.2 Å². The summed E-state index contributed by atoms with van der Waals surface area (Å²) in [5, 5.41) is 7.72. The lowest BCUT2D eigenvalue weighted by atomic mass is 10.0. The highest BCUT2D eigenvalue weighted by Gasteiger charge is 2.21. The molecule has 0 heterocycles. The summed E-state index contributed by atoms with van der Waals surface area (Å²) in [6.07, 6.45) is 3.16. The molecular weight excluding hydrogens is 442 g/mol. The largest absolute Gasteiger partial charge is 0.332 e. The molecule has 0 aliphatic heterocycles. The van der Waals surface area contributed by atoms with Crippen LogP contribution in [0.25, 0.3) is 16.8 Å². The second-order valence-corrected chi connectivity index (χ2v) is 10.3. The second-order valence-electron chi connectivity index (χ2n) is 8.22. The highest BCUT2D eigenvalue weighted by atomic mass is 32.2. The number of amides is 1. The van der Waals surface area contributed by atoms with Gasteiger partial charge < -0.3 is 5.32 Å². The van der Waals surface area contributed by atoms with E-state index in [0.29, 0.717) is 5.69 Å². The summed E-state index contributed by atoms with van der Waals surface area (Å²) < 4.78 is 27.3. The third kappa shape index (κ3) is 6.46. The van der Waals surface area contributed by atoms with Gasteiger partial charge in [-0.2, -0.15) is 0 Å². The minimum absolute atomic E-state index is 0.112. The molecule has 0 bridgehead atoms. The Morgan fingerprint density at radius 1 is 0.938 bits per heavy atom. The predicted molar refractivity (Wildman–Crippen MR) is 134 cm³/mol. The van der Waals surface area contributed by atoms with Crippen LogP contribution >= 0.6 is 12.2 Å². The molecular formula is C24H25N3O3S2. The fraction of sp³-hybridized carbons (Fsp3) is 0.167. The first-order valence-corrected chi connectivity index (χ1v) is 11.8. The number of benzene rings is 3. The van der Waals surface area contributed by atoms with Gasteiger partial charge in [-0.15, -0.1) is 0 Å². The minimum Gasteiger partial charge on any atom is -0.332 e. The number of carbonyl (C=O) groups is 1. The van der Waals surface area contributed by atoms with Gasteiger partial charge in [0.1, 0.15) is 0 Å². The van der Waals surface area contributed by atoms with Crippen molar-refractivity contribution >= 4 is 55.8 Å². The van der Waals surface area contributed by atoms with Gasteiger partial charge in [0.2, 0.25) is 15.9 Å². The molecule has 0 saturated heterocycles. The monoisotopic (exact) mass is 467 g/mol. The van der Waals surface area contributed by atoms with Crippen LogP contribution in [0.15, 0.2) is 77.7 Å². The van der Waals surface area contributed by atoms with Gasteiger partial charge in [0.25, 0.3) is 0 Å². The second kappa shape index (κ2) is 9.60. The zero-order valence-electron chi connectivity index (χ0n) is 18.0. The van der Waals surface area contributed by atoms with Crippen molar-refractivity contribution in [3.8, 4) is 0 Å². The number of rotatable bonds is 5. The van der Waals surface area contributed by atoms with Crippen molar-refractivity contribution in [2.75, 3.05) is 5.32 Å². The Kier molecular flexibility index (Phi) is 7.08. The molecule has 3 N–H and O–H groups in total. The Labute approximate surface area is 193 Å². The maximum Gasteiger partial charge on any atom is 0.250 e. The number of nitrogens with one attached hydrogen (secondary N) is 3. The van der Waals surface area contributed by atoms with Gasteiger partial charge in [-0.05, 0) is 79.7 Å². The normalized spacial score (nSPS) is 12.1. The minimum atomic E-state index is -3.62. The standard InChI is InChI=1S/C24H25N3O3S2/c1-24(2,3)27-32(29,30)20-14-12-19(13-15-20)25-23(31)26-22(28)16-11-18-9-6-8-17-7-4-5-10-21(17)18/h4-16,27H,1-3H3,(H2,25,26,28,31)/b16-11+. The van der Waals surface area contributed by atoms with Gasteiger partial charge in [-0.1, -0.05) is 42.5 Å². The molecule has 0 saturated carbocycles. The molecule has 1 amide bonds. The summed E-state index contributed by atoms with van der Waals surface area (Å²) in [5.41, 5.74) is 0.905. The molecule has 32 heavy (non-hydrogen) atoms. The molecule has 3 rings (SSSR count). The fourth-order valence-electron chi connectivity index (χ4n) is 3.06. The van der Waals surface area contributed by atoms with Crippen LogP contribution in [0.5, 0.6) is 0 Å². The van der Waals surface area contributed by atoms with E-state index in [0.717, 1.165) is 16.3 Å². The number of carbonyl (C=O) groups excluding carboxylic acids is 1. The lowest BCUT2D eigenvalue weighted by Gasteiger charge is -2.20. The molecule has 3 aromatic carbocycles. The molecule has 0 atom stereocenters. The summed E-state index contributed by atoms with van der Waals surface area (Å²) in [5.74, 6) is -0.371. The molecule has 3 aromatic rings. The first-order valence-electron chi connectivity index (χ1n) is 9.95. The van der Waals surface area contributed by atoms with E-state index in [1.54, 1.807) is 39.0 Å². The smallest absolute Gasteiger partial charge is 0.250 e. The maximum absolute atomic E-state index is 12.4. The number of hydrogen-bond donors (Lipinski definition) is 3. The van der Waals surface area contributed by atoms with Crippen LogP contribution in [0, 0.1) is 0 Å². The van der Waals surface area contributed by atoms with Gasteiger partial charge in [-0.25, -0.2) is 13.1 Å². The zero-order chi connectivity index (χ0) is 23.4. The van der Waals surface area contributed by atoms with Crippen molar-refractivity contribution in [1.29, 1.82) is 0 Å². The van der Waals surface area contributed by atoms with Crippen LogP contribution in [0.1, 0.15) is 26.3 Å². The van der Waals surface area contributed by atoms with Gasteiger partial charge in [0.15, 0.2) is 5.11 Å². The van der Waals surface area contributed by atoms with E-state index in [-0.39, 0.29) is 15.9 Å². The highest BCUT2D eigenvalue weighted by molar-refractivity contribution is 7.89. The zero-order valence-corrected chi connectivity index (χ0v) is 19.7. The summed E-state index contributed by atoms with van der Waals surface area (Å²) in [6.45, 7) is 5.32. The van der Waals surface area contributed by atoms with Crippen LogP contribution in [0.3, 0.4) is 0 Å².